The van der Waals surface area contributed by atoms with Crippen molar-refractivity contribution in [3.8, 4) is 0 Å². The van der Waals surface area contributed by atoms with Crippen LogP contribution in [-0.4, -0.2) is 29.3 Å². The maximum atomic E-state index is 11.7. The number of amides is 1. The van der Waals surface area contributed by atoms with E-state index in [2.05, 4.69) is 10.3 Å². The Hall–Kier alpha value is -2.11. The van der Waals surface area contributed by atoms with E-state index in [1.807, 2.05) is 6.07 Å². The molecule has 1 aliphatic carbocycles. The summed E-state index contributed by atoms with van der Waals surface area (Å²) in [5.74, 6) is 0.185. The topological polar surface area (TPSA) is 77.5 Å². The number of aromatic nitrogens is 1. The molecule has 22 heavy (non-hydrogen) atoms. The molecule has 0 aliphatic heterocycles. The number of anilines is 1. The van der Waals surface area contributed by atoms with Gasteiger partial charge in [0, 0.05) is 11.6 Å². The van der Waals surface area contributed by atoms with Crippen molar-refractivity contribution in [2.24, 2.45) is 5.92 Å². The first-order valence-corrected chi connectivity index (χ1v) is 7.43. The van der Waals surface area contributed by atoms with Crippen LogP contribution in [0.3, 0.4) is 0 Å². The third kappa shape index (κ3) is 4.44. The fourth-order valence-corrected chi connectivity index (χ4v) is 2.17. The van der Waals surface area contributed by atoms with Crippen LogP contribution >= 0.6 is 0 Å². The Labute approximate surface area is 130 Å². The van der Waals surface area contributed by atoms with Crippen LogP contribution in [0.4, 0.5) is 10.6 Å². The van der Waals surface area contributed by atoms with Crippen LogP contribution in [0.15, 0.2) is 18.2 Å². The van der Waals surface area contributed by atoms with E-state index < -0.39 is 11.7 Å². The van der Waals surface area contributed by atoms with Gasteiger partial charge >= 0.3 is 12.1 Å². The van der Waals surface area contributed by atoms with Crippen LogP contribution in [0.5, 0.6) is 0 Å². The van der Waals surface area contributed by atoms with Gasteiger partial charge in [-0.1, -0.05) is 6.07 Å². The molecule has 1 aromatic heterocycles. The average molecular weight is 306 g/mol. The largest absolute Gasteiger partial charge is 0.466 e. The molecular formula is C16H22N2O4. The number of hydrogen-bond acceptors (Lipinski definition) is 5. The minimum atomic E-state index is -0.562. The molecule has 2 atom stereocenters. The molecule has 1 fully saturated rings. The average Bonchev–Trinajstić information content (AvgIpc) is 3.17. The summed E-state index contributed by atoms with van der Waals surface area (Å²) in [6.45, 7) is 7.56. The van der Waals surface area contributed by atoms with Gasteiger partial charge in [-0.05, 0) is 46.2 Å². The molecule has 0 saturated heterocycles. The second-order valence-corrected chi connectivity index (χ2v) is 6.28. The fourth-order valence-electron chi connectivity index (χ4n) is 2.17. The first-order valence-electron chi connectivity index (χ1n) is 7.43. The molecule has 0 bridgehead atoms. The summed E-state index contributed by atoms with van der Waals surface area (Å²) in [6.07, 6.45) is 0.191. The van der Waals surface area contributed by atoms with Crippen LogP contribution in [0, 0.1) is 5.92 Å². The number of esters is 1. The molecule has 1 aromatic rings. The van der Waals surface area contributed by atoms with Crippen molar-refractivity contribution in [3.63, 3.8) is 0 Å². The van der Waals surface area contributed by atoms with Crippen LogP contribution < -0.4 is 5.32 Å². The van der Waals surface area contributed by atoms with Crippen LogP contribution in [0.1, 0.15) is 45.7 Å². The summed E-state index contributed by atoms with van der Waals surface area (Å²) in [7, 11) is 0. The maximum Gasteiger partial charge on any atom is 0.413 e. The van der Waals surface area contributed by atoms with Gasteiger partial charge in [0.15, 0.2) is 0 Å². The predicted molar refractivity (Wildman–Crippen MR) is 81.6 cm³/mol. The van der Waals surface area contributed by atoms with E-state index in [1.54, 1.807) is 39.8 Å². The Morgan fingerprint density at radius 2 is 2.09 bits per heavy atom. The highest BCUT2D eigenvalue weighted by Crippen LogP contribution is 2.47. The number of ether oxygens (including phenoxy) is 2. The smallest absolute Gasteiger partial charge is 0.413 e. The van der Waals surface area contributed by atoms with E-state index >= 15 is 0 Å². The molecule has 1 aliphatic rings. The van der Waals surface area contributed by atoms with E-state index in [9.17, 15) is 9.59 Å². The summed E-state index contributed by atoms with van der Waals surface area (Å²) in [6, 6.07) is 5.34. The van der Waals surface area contributed by atoms with Gasteiger partial charge in [-0.15, -0.1) is 0 Å². The number of hydrogen-bond donors (Lipinski definition) is 1. The lowest BCUT2D eigenvalue weighted by Crippen LogP contribution is -2.27. The summed E-state index contributed by atoms with van der Waals surface area (Å²) in [5.41, 5.74) is 0.222. The third-order valence-electron chi connectivity index (χ3n) is 3.16. The van der Waals surface area contributed by atoms with E-state index in [-0.39, 0.29) is 17.8 Å². The zero-order valence-electron chi connectivity index (χ0n) is 13.4. The van der Waals surface area contributed by atoms with Crippen LogP contribution in [0.2, 0.25) is 0 Å². The molecule has 1 saturated carbocycles. The van der Waals surface area contributed by atoms with Crippen molar-refractivity contribution < 1.29 is 19.1 Å². The molecule has 6 nitrogen and oxygen atoms in total. The van der Waals surface area contributed by atoms with E-state index in [1.165, 1.54) is 0 Å². The van der Waals surface area contributed by atoms with Gasteiger partial charge in [0.2, 0.25) is 0 Å². The Morgan fingerprint density at radius 1 is 1.36 bits per heavy atom. The van der Waals surface area contributed by atoms with Gasteiger partial charge < -0.3 is 9.47 Å². The molecule has 0 aromatic carbocycles. The van der Waals surface area contributed by atoms with Crippen molar-refractivity contribution in [2.45, 2.75) is 45.6 Å². The molecular weight excluding hydrogens is 284 g/mol. The molecule has 1 N–H and O–H groups in total. The minimum absolute atomic E-state index is 0.0689. The zero-order valence-corrected chi connectivity index (χ0v) is 13.4. The molecule has 120 valence electrons. The van der Waals surface area contributed by atoms with Gasteiger partial charge in [-0.2, -0.15) is 0 Å². The van der Waals surface area contributed by atoms with Gasteiger partial charge in [-0.25, -0.2) is 9.78 Å². The Balaban J connectivity index is 1.97. The zero-order chi connectivity index (χ0) is 16.3. The van der Waals surface area contributed by atoms with Gasteiger partial charge in [0.05, 0.1) is 12.5 Å². The molecule has 2 rings (SSSR count). The van der Waals surface area contributed by atoms with Crippen molar-refractivity contribution in [1.29, 1.82) is 0 Å². The van der Waals surface area contributed by atoms with Crippen LogP contribution in [-0.2, 0) is 14.3 Å². The standard InChI is InChI=1S/C16H22N2O4/c1-5-21-14(19)11-9-10(11)12-7-6-8-13(17-12)18-15(20)22-16(2,3)4/h6-8,10-11H,5,9H2,1-4H3,(H,17,18,20)/t10-,11-/m1/s1. The first kappa shape index (κ1) is 16.3. The lowest BCUT2D eigenvalue weighted by Gasteiger charge is -2.19. The van der Waals surface area contributed by atoms with Crippen molar-refractivity contribution in [2.75, 3.05) is 11.9 Å². The van der Waals surface area contributed by atoms with Crippen LogP contribution in [0.25, 0.3) is 0 Å². The first-order chi connectivity index (χ1) is 10.3. The molecule has 6 heteroatoms. The Kier molecular flexibility index (Phi) is 4.68. The maximum absolute atomic E-state index is 11.7. The SMILES string of the molecule is CCOC(=O)[C@@H]1C[C@H]1c1cccc(NC(=O)OC(C)(C)C)n1. The van der Waals surface area contributed by atoms with Gasteiger partial charge in [0.25, 0.3) is 0 Å². The monoisotopic (exact) mass is 306 g/mol. The summed E-state index contributed by atoms with van der Waals surface area (Å²) < 4.78 is 10.2. The molecule has 0 spiro atoms. The number of pyridine rings is 1. The number of nitrogens with zero attached hydrogens (tertiary/aromatic N) is 1. The summed E-state index contributed by atoms with van der Waals surface area (Å²) in [4.78, 5) is 27.8. The Morgan fingerprint density at radius 3 is 2.73 bits per heavy atom. The molecule has 1 heterocycles. The summed E-state index contributed by atoms with van der Waals surface area (Å²) in [5, 5.41) is 2.60. The van der Waals surface area contributed by atoms with E-state index in [0.29, 0.717) is 12.4 Å². The van der Waals surface area contributed by atoms with E-state index in [4.69, 9.17) is 9.47 Å². The van der Waals surface area contributed by atoms with Gasteiger partial charge in [0.1, 0.15) is 11.4 Å². The minimum Gasteiger partial charge on any atom is -0.466 e. The van der Waals surface area contributed by atoms with Crippen molar-refractivity contribution in [1.82, 2.24) is 4.98 Å². The van der Waals surface area contributed by atoms with Crippen molar-refractivity contribution in [3.05, 3.63) is 23.9 Å². The number of carbonyl (C=O) groups is 2. The number of carbonyl (C=O) groups excluding carboxylic acids is 2. The highest BCUT2D eigenvalue weighted by Gasteiger charge is 2.46. The molecule has 1 amide bonds. The number of rotatable bonds is 4. The second kappa shape index (κ2) is 6.34. The fraction of sp³-hybridized carbons (Fsp3) is 0.562. The lowest BCUT2D eigenvalue weighted by molar-refractivity contribution is -0.144. The van der Waals surface area contributed by atoms with Crippen molar-refractivity contribution >= 4 is 17.9 Å². The second-order valence-electron chi connectivity index (χ2n) is 6.28. The van der Waals surface area contributed by atoms with Gasteiger partial charge in [-0.3, -0.25) is 10.1 Å². The lowest BCUT2D eigenvalue weighted by atomic mass is 10.2. The predicted octanol–water partition coefficient (Wildman–Crippen LogP) is 3.10. The highest BCUT2D eigenvalue weighted by atomic mass is 16.6. The molecule has 0 radical (unpaired) electrons. The number of nitrogens with one attached hydrogen (secondary N) is 1. The Bertz CT molecular complexity index is 566. The molecule has 0 unspecified atom stereocenters. The highest BCUT2D eigenvalue weighted by molar-refractivity contribution is 5.83. The normalized spacial score (nSPS) is 20.2. The summed E-state index contributed by atoms with van der Waals surface area (Å²) >= 11 is 0. The van der Waals surface area contributed by atoms with E-state index in [0.717, 1.165) is 12.1 Å². The quantitative estimate of drug-likeness (QED) is 0.865. The third-order valence-corrected chi connectivity index (χ3v) is 3.16.